The number of carbonyl (C=O) groups excluding carboxylic acids is 1. The number of hydrogen-bond donors (Lipinski definition) is 1. The Bertz CT molecular complexity index is 1280. The van der Waals surface area contributed by atoms with Gasteiger partial charge in [-0.05, 0) is 54.1 Å². The van der Waals surface area contributed by atoms with Crippen LogP contribution in [0.25, 0.3) is 0 Å². The Labute approximate surface area is 208 Å². The van der Waals surface area contributed by atoms with E-state index in [4.69, 9.17) is 27.9 Å². The molecule has 0 aromatic heterocycles. The zero-order valence-electron chi connectivity index (χ0n) is 17.9. The summed E-state index contributed by atoms with van der Waals surface area (Å²) in [7, 11) is -4.12. The van der Waals surface area contributed by atoms with Crippen molar-refractivity contribution in [1.29, 1.82) is 0 Å². The third kappa shape index (κ3) is 6.38. The number of anilines is 1. The fraction of sp³-hybridized carbons (Fsp3) is 0.0833. The summed E-state index contributed by atoms with van der Waals surface area (Å²) in [5.41, 5.74) is 3.12. The van der Waals surface area contributed by atoms with Crippen molar-refractivity contribution in [1.82, 2.24) is 5.43 Å². The molecular weight excluding hydrogens is 497 g/mol. The first-order chi connectivity index (χ1) is 16.3. The number of nitrogens with zero attached hydrogens (tertiary/aromatic N) is 2. The lowest BCUT2D eigenvalue weighted by Crippen LogP contribution is -2.39. The standard InChI is InChI=1S/C24H21Cl2N3O4S/c1-2-15-33-19-13-11-18(12-14-19)16-27-28-23(30)17-29(22-10-6-9-21(25)24(22)26)34(31,32)20-7-4-3-5-8-20/h2-14,16H,1,15,17H2,(H,28,30)/b27-16-. The molecule has 3 rings (SSSR count). The number of nitrogens with one attached hydrogen (secondary N) is 1. The van der Waals surface area contributed by atoms with Gasteiger partial charge in [0.15, 0.2) is 0 Å². The van der Waals surface area contributed by atoms with Crippen LogP contribution in [-0.2, 0) is 14.8 Å². The number of amides is 1. The molecule has 0 aliphatic heterocycles. The summed E-state index contributed by atoms with van der Waals surface area (Å²) in [6.45, 7) is 3.41. The molecule has 0 saturated carbocycles. The number of rotatable bonds is 10. The Morgan fingerprint density at radius 2 is 1.74 bits per heavy atom. The quantitative estimate of drug-likeness (QED) is 0.235. The largest absolute Gasteiger partial charge is 0.490 e. The van der Waals surface area contributed by atoms with Gasteiger partial charge in [0.25, 0.3) is 15.9 Å². The van der Waals surface area contributed by atoms with E-state index in [9.17, 15) is 13.2 Å². The number of hydrogen-bond acceptors (Lipinski definition) is 5. The lowest BCUT2D eigenvalue weighted by Gasteiger charge is -2.24. The normalized spacial score (nSPS) is 11.2. The van der Waals surface area contributed by atoms with Gasteiger partial charge in [0.2, 0.25) is 0 Å². The third-order valence-corrected chi connectivity index (χ3v) is 7.05. The summed E-state index contributed by atoms with van der Waals surface area (Å²) in [4.78, 5) is 12.6. The second kappa shape index (κ2) is 11.7. The van der Waals surface area contributed by atoms with E-state index in [-0.39, 0.29) is 20.6 Å². The van der Waals surface area contributed by atoms with Crippen molar-refractivity contribution >= 4 is 51.0 Å². The van der Waals surface area contributed by atoms with Gasteiger partial charge in [-0.25, -0.2) is 13.8 Å². The maximum absolute atomic E-state index is 13.3. The number of sulfonamides is 1. The Kier molecular flexibility index (Phi) is 8.70. The van der Waals surface area contributed by atoms with E-state index in [1.165, 1.54) is 30.5 Å². The van der Waals surface area contributed by atoms with Crippen molar-refractivity contribution < 1.29 is 17.9 Å². The SMILES string of the molecule is C=CCOc1ccc(/C=N\NC(=O)CN(c2cccc(Cl)c2Cl)S(=O)(=O)c2ccccc2)cc1. The Morgan fingerprint density at radius 1 is 1.03 bits per heavy atom. The van der Waals surface area contributed by atoms with Gasteiger partial charge in [-0.15, -0.1) is 0 Å². The van der Waals surface area contributed by atoms with E-state index in [1.807, 2.05) is 0 Å². The van der Waals surface area contributed by atoms with Crippen LogP contribution in [0, 0.1) is 0 Å². The summed E-state index contributed by atoms with van der Waals surface area (Å²) in [6, 6.07) is 19.3. The smallest absolute Gasteiger partial charge is 0.264 e. The lowest BCUT2D eigenvalue weighted by atomic mass is 10.2. The molecule has 0 atom stereocenters. The molecule has 7 nitrogen and oxygen atoms in total. The minimum Gasteiger partial charge on any atom is -0.490 e. The predicted molar refractivity (Wildman–Crippen MR) is 135 cm³/mol. The zero-order valence-corrected chi connectivity index (χ0v) is 20.2. The summed E-state index contributed by atoms with van der Waals surface area (Å²) in [5.74, 6) is -0.000943. The lowest BCUT2D eigenvalue weighted by molar-refractivity contribution is -0.119. The first kappa shape index (κ1) is 25.3. The van der Waals surface area contributed by atoms with Gasteiger partial charge >= 0.3 is 0 Å². The topological polar surface area (TPSA) is 88.1 Å². The average Bonchev–Trinajstić information content (AvgIpc) is 2.84. The van der Waals surface area contributed by atoms with E-state index in [1.54, 1.807) is 54.6 Å². The Morgan fingerprint density at radius 3 is 2.41 bits per heavy atom. The van der Waals surface area contributed by atoms with Crippen molar-refractivity contribution in [2.24, 2.45) is 5.10 Å². The van der Waals surface area contributed by atoms with E-state index < -0.39 is 22.5 Å². The van der Waals surface area contributed by atoms with Crippen LogP contribution in [0.4, 0.5) is 5.69 Å². The van der Waals surface area contributed by atoms with Crippen molar-refractivity contribution in [2.75, 3.05) is 17.5 Å². The minimum absolute atomic E-state index is 0.00102. The minimum atomic E-state index is -4.12. The van der Waals surface area contributed by atoms with Crippen LogP contribution in [0.5, 0.6) is 5.75 Å². The van der Waals surface area contributed by atoms with E-state index >= 15 is 0 Å². The van der Waals surface area contributed by atoms with Gasteiger partial charge in [-0.1, -0.05) is 60.1 Å². The molecule has 0 aliphatic rings. The van der Waals surface area contributed by atoms with Crippen LogP contribution in [0.3, 0.4) is 0 Å². The molecule has 0 fully saturated rings. The summed E-state index contributed by atoms with van der Waals surface area (Å²) < 4.78 is 32.9. The highest BCUT2D eigenvalue weighted by Crippen LogP contribution is 2.35. The summed E-state index contributed by atoms with van der Waals surface area (Å²) >= 11 is 12.4. The molecule has 0 unspecified atom stereocenters. The molecule has 0 aliphatic carbocycles. The van der Waals surface area contributed by atoms with Gasteiger partial charge in [0.05, 0.1) is 26.8 Å². The maximum atomic E-state index is 13.3. The van der Waals surface area contributed by atoms with Crippen LogP contribution < -0.4 is 14.5 Å². The van der Waals surface area contributed by atoms with Gasteiger partial charge in [-0.3, -0.25) is 9.10 Å². The monoisotopic (exact) mass is 517 g/mol. The van der Waals surface area contributed by atoms with E-state index in [0.29, 0.717) is 17.9 Å². The highest BCUT2D eigenvalue weighted by atomic mass is 35.5. The molecular formula is C24H21Cl2N3O4S. The zero-order chi connectivity index (χ0) is 24.6. The molecule has 1 N–H and O–H groups in total. The molecule has 176 valence electrons. The summed E-state index contributed by atoms with van der Waals surface area (Å²) in [6.07, 6.45) is 3.07. The maximum Gasteiger partial charge on any atom is 0.264 e. The number of ether oxygens (including phenoxy) is 1. The van der Waals surface area contributed by atoms with Crippen LogP contribution in [0.15, 0.2) is 95.4 Å². The highest BCUT2D eigenvalue weighted by molar-refractivity contribution is 7.92. The van der Waals surface area contributed by atoms with Crippen LogP contribution in [0.2, 0.25) is 10.0 Å². The number of halogens is 2. The van der Waals surface area contributed by atoms with Gasteiger partial charge in [-0.2, -0.15) is 5.10 Å². The fourth-order valence-electron chi connectivity index (χ4n) is 2.85. The molecule has 34 heavy (non-hydrogen) atoms. The highest BCUT2D eigenvalue weighted by Gasteiger charge is 2.29. The second-order valence-corrected chi connectivity index (χ2v) is 9.51. The molecule has 0 saturated heterocycles. The number of hydrazone groups is 1. The second-order valence-electron chi connectivity index (χ2n) is 6.86. The van der Waals surface area contributed by atoms with Crippen LogP contribution >= 0.6 is 23.2 Å². The Hall–Kier alpha value is -3.33. The molecule has 3 aromatic rings. The average molecular weight is 518 g/mol. The van der Waals surface area contributed by atoms with E-state index in [2.05, 4.69) is 17.1 Å². The molecule has 1 amide bonds. The van der Waals surface area contributed by atoms with Crippen LogP contribution in [-0.4, -0.2) is 33.7 Å². The third-order valence-electron chi connectivity index (χ3n) is 4.47. The molecule has 0 spiro atoms. The number of benzene rings is 3. The predicted octanol–water partition coefficient (Wildman–Crippen LogP) is 4.90. The van der Waals surface area contributed by atoms with Gasteiger partial charge in [0, 0.05) is 0 Å². The number of carbonyl (C=O) groups is 1. The Balaban J connectivity index is 1.78. The summed E-state index contributed by atoms with van der Waals surface area (Å²) in [5, 5.41) is 4.08. The van der Waals surface area contributed by atoms with Gasteiger partial charge in [0.1, 0.15) is 18.9 Å². The first-order valence-corrected chi connectivity index (χ1v) is 12.2. The molecule has 0 radical (unpaired) electrons. The van der Waals surface area contributed by atoms with Crippen LogP contribution in [0.1, 0.15) is 5.56 Å². The first-order valence-electron chi connectivity index (χ1n) is 10.0. The van der Waals surface area contributed by atoms with Gasteiger partial charge < -0.3 is 4.74 Å². The fourth-order valence-corrected chi connectivity index (χ4v) is 4.76. The molecule has 0 heterocycles. The van der Waals surface area contributed by atoms with Crippen molar-refractivity contribution in [3.05, 3.63) is 101 Å². The molecule has 3 aromatic carbocycles. The van der Waals surface area contributed by atoms with Crippen molar-refractivity contribution in [3.8, 4) is 5.75 Å². The molecule has 0 bridgehead atoms. The van der Waals surface area contributed by atoms with Crippen molar-refractivity contribution in [2.45, 2.75) is 4.90 Å². The van der Waals surface area contributed by atoms with Crippen molar-refractivity contribution in [3.63, 3.8) is 0 Å². The molecule has 10 heteroatoms. The van der Waals surface area contributed by atoms with E-state index in [0.717, 1.165) is 4.31 Å².